The highest BCUT2D eigenvalue weighted by Gasteiger charge is 2.27. The van der Waals surface area contributed by atoms with Crippen molar-refractivity contribution >= 4 is 11.6 Å². The summed E-state index contributed by atoms with van der Waals surface area (Å²) in [7, 11) is 3.27. The Bertz CT molecular complexity index is 742. The van der Waals surface area contributed by atoms with Crippen molar-refractivity contribution in [2.45, 2.75) is 25.9 Å². The predicted molar refractivity (Wildman–Crippen MR) is 96.8 cm³/mol. The standard InChI is InChI=1S/C20H23NO4/c1-14(25-17-8-6-16(23-2)7-9-17)20(22)21-12-4-5-15-13-18(24-3)10-11-19(15)21/h6-11,13-14H,4-5,12H2,1-3H3. The first-order chi connectivity index (χ1) is 12.1. The van der Waals surface area contributed by atoms with Crippen molar-refractivity contribution in [1.29, 1.82) is 0 Å². The van der Waals surface area contributed by atoms with Crippen LogP contribution in [0.15, 0.2) is 42.5 Å². The minimum Gasteiger partial charge on any atom is -0.497 e. The third kappa shape index (κ3) is 3.71. The Balaban J connectivity index is 1.74. The van der Waals surface area contributed by atoms with E-state index in [9.17, 15) is 4.79 Å². The van der Waals surface area contributed by atoms with Crippen molar-refractivity contribution < 1.29 is 19.0 Å². The van der Waals surface area contributed by atoms with Crippen LogP contribution < -0.4 is 19.1 Å². The zero-order valence-corrected chi connectivity index (χ0v) is 14.8. The molecule has 0 spiro atoms. The van der Waals surface area contributed by atoms with Gasteiger partial charge in [0.1, 0.15) is 17.2 Å². The highest BCUT2D eigenvalue weighted by molar-refractivity contribution is 5.97. The van der Waals surface area contributed by atoms with Gasteiger partial charge < -0.3 is 19.1 Å². The van der Waals surface area contributed by atoms with Crippen molar-refractivity contribution in [2.75, 3.05) is 25.7 Å². The van der Waals surface area contributed by atoms with Crippen LogP contribution in [0, 0.1) is 0 Å². The predicted octanol–water partition coefficient (Wildman–Crippen LogP) is 3.45. The van der Waals surface area contributed by atoms with Crippen LogP contribution in [-0.2, 0) is 11.2 Å². The van der Waals surface area contributed by atoms with Gasteiger partial charge >= 0.3 is 0 Å². The lowest BCUT2D eigenvalue weighted by Crippen LogP contribution is -2.43. The molecule has 5 heteroatoms. The third-order valence-corrected chi connectivity index (χ3v) is 4.39. The van der Waals surface area contributed by atoms with Gasteiger partial charge in [-0.05, 0) is 67.8 Å². The second-order valence-corrected chi connectivity index (χ2v) is 6.02. The number of hydrogen-bond acceptors (Lipinski definition) is 4. The number of methoxy groups -OCH3 is 2. The first-order valence-electron chi connectivity index (χ1n) is 8.41. The SMILES string of the molecule is COc1ccc(OC(C)C(=O)N2CCCc3cc(OC)ccc32)cc1. The second kappa shape index (κ2) is 7.47. The number of amides is 1. The maximum absolute atomic E-state index is 12.9. The first-order valence-corrected chi connectivity index (χ1v) is 8.41. The fourth-order valence-electron chi connectivity index (χ4n) is 3.06. The molecule has 1 aliphatic heterocycles. The molecule has 3 rings (SSSR count). The van der Waals surface area contributed by atoms with Crippen LogP contribution in [0.25, 0.3) is 0 Å². The number of fused-ring (bicyclic) bond motifs is 1. The summed E-state index contributed by atoms with van der Waals surface area (Å²) in [4.78, 5) is 14.7. The van der Waals surface area contributed by atoms with Crippen molar-refractivity contribution in [1.82, 2.24) is 0 Å². The van der Waals surface area contributed by atoms with Crippen LogP contribution in [0.2, 0.25) is 0 Å². The molecular formula is C20H23NO4. The van der Waals surface area contributed by atoms with Gasteiger partial charge in [-0.15, -0.1) is 0 Å². The molecule has 2 aromatic carbocycles. The summed E-state index contributed by atoms with van der Waals surface area (Å²) in [5, 5.41) is 0. The minimum absolute atomic E-state index is 0.0399. The van der Waals surface area contributed by atoms with Gasteiger partial charge in [0.15, 0.2) is 6.10 Å². The average Bonchev–Trinajstić information content (AvgIpc) is 2.67. The number of rotatable bonds is 5. The number of benzene rings is 2. The number of hydrogen-bond donors (Lipinski definition) is 0. The van der Waals surface area contributed by atoms with E-state index >= 15 is 0 Å². The molecule has 0 aromatic heterocycles. The largest absolute Gasteiger partial charge is 0.497 e. The van der Waals surface area contributed by atoms with E-state index in [2.05, 4.69) is 0 Å². The van der Waals surface area contributed by atoms with Crippen LogP contribution >= 0.6 is 0 Å². The van der Waals surface area contributed by atoms with Crippen molar-refractivity contribution in [3.8, 4) is 17.2 Å². The lowest BCUT2D eigenvalue weighted by atomic mass is 10.0. The molecule has 0 aliphatic carbocycles. The van der Waals surface area contributed by atoms with E-state index in [1.165, 1.54) is 0 Å². The van der Waals surface area contributed by atoms with Gasteiger partial charge in [-0.2, -0.15) is 0 Å². The minimum atomic E-state index is -0.568. The summed E-state index contributed by atoms with van der Waals surface area (Å²) >= 11 is 0. The summed E-state index contributed by atoms with van der Waals surface area (Å²) in [6.07, 6.45) is 1.31. The second-order valence-electron chi connectivity index (χ2n) is 6.02. The molecule has 0 N–H and O–H groups in total. The van der Waals surface area contributed by atoms with Crippen LogP contribution in [0.3, 0.4) is 0 Å². The summed E-state index contributed by atoms with van der Waals surface area (Å²) < 4.78 is 16.2. The van der Waals surface area contributed by atoms with Crippen LogP contribution in [-0.4, -0.2) is 32.8 Å². The molecule has 0 saturated carbocycles. The van der Waals surface area contributed by atoms with Crippen molar-refractivity contribution in [2.24, 2.45) is 0 Å². The fraction of sp³-hybridized carbons (Fsp3) is 0.350. The lowest BCUT2D eigenvalue weighted by Gasteiger charge is -2.31. The van der Waals surface area contributed by atoms with Gasteiger partial charge in [0.05, 0.1) is 14.2 Å². The van der Waals surface area contributed by atoms with E-state index < -0.39 is 6.10 Å². The number of anilines is 1. The van der Waals surface area contributed by atoms with E-state index in [-0.39, 0.29) is 5.91 Å². The van der Waals surface area contributed by atoms with Crippen LogP contribution in [0.5, 0.6) is 17.2 Å². The van der Waals surface area contributed by atoms with Gasteiger partial charge in [-0.1, -0.05) is 0 Å². The van der Waals surface area contributed by atoms with Gasteiger partial charge in [-0.25, -0.2) is 0 Å². The monoisotopic (exact) mass is 341 g/mol. The summed E-state index contributed by atoms with van der Waals surface area (Å²) in [5.41, 5.74) is 2.08. The van der Waals surface area contributed by atoms with Crippen molar-refractivity contribution in [3.05, 3.63) is 48.0 Å². The first kappa shape index (κ1) is 17.1. The Morgan fingerprint density at radius 1 is 1.00 bits per heavy atom. The van der Waals surface area contributed by atoms with Gasteiger partial charge in [0.25, 0.3) is 5.91 Å². The molecule has 5 nitrogen and oxygen atoms in total. The topological polar surface area (TPSA) is 48.0 Å². The quantitative estimate of drug-likeness (QED) is 0.836. The molecule has 25 heavy (non-hydrogen) atoms. The lowest BCUT2D eigenvalue weighted by molar-refractivity contribution is -0.124. The summed E-state index contributed by atoms with van der Waals surface area (Å²) in [6.45, 7) is 2.48. The van der Waals surface area contributed by atoms with E-state index in [0.717, 1.165) is 35.6 Å². The highest BCUT2D eigenvalue weighted by atomic mass is 16.5. The molecule has 1 amide bonds. The Morgan fingerprint density at radius 2 is 1.64 bits per heavy atom. The van der Waals surface area contributed by atoms with E-state index in [1.54, 1.807) is 33.3 Å². The number of carbonyl (C=O) groups excluding carboxylic acids is 1. The molecule has 1 unspecified atom stereocenters. The van der Waals surface area contributed by atoms with E-state index in [4.69, 9.17) is 14.2 Å². The molecule has 0 fully saturated rings. The van der Waals surface area contributed by atoms with E-state index in [0.29, 0.717) is 12.3 Å². The smallest absolute Gasteiger partial charge is 0.267 e. The number of nitrogens with zero attached hydrogens (tertiary/aromatic N) is 1. The Hall–Kier alpha value is -2.69. The van der Waals surface area contributed by atoms with Crippen LogP contribution in [0.1, 0.15) is 18.9 Å². The maximum atomic E-state index is 12.9. The fourth-order valence-corrected chi connectivity index (χ4v) is 3.06. The molecule has 1 aliphatic rings. The zero-order chi connectivity index (χ0) is 17.8. The Kier molecular flexibility index (Phi) is 5.12. The molecule has 0 bridgehead atoms. The van der Waals surface area contributed by atoms with Gasteiger partial charge in [0, 0.05) is 12.2 Å². The number of carbonyl (C=O) groups is 1. The van der Waals surface area contributed by atoms with Crippen LogP contribution in [0.4, 0.5) is 5.69 Å². The maximum Gasteiger partial charge on any atom is 0.267 e. The van der Waals surface area contributed by atoms with Gasteiger partial charge in [0.2, 0.25) is 0 Å². The van der Waals surface area contributed by atoms with E-state index in [1.807, 2.05) is 35.2 Å². The summed E-state index contributed by atoms with van der Waals surface area (Å²) in [5.74, 6) is 2.18. The molecule has 1 heterocycles. The molecular weight excluding hydrogens is 318 g/mol. The number of ether oxygens (including phenoxy) is 3. The molecule has 0 saturated heterocycles. The molecule has 0 radical (unpaired) electrons. The molecule has 1 atom stereocenters. The Labute approximate surface area is 148 Å². The normalized spacial score (nSPS) is 14.4. The number of aryl methyl sites for hydroxylation is 1. The van der Waals surface area contributed by atoms with Crippen molar-refractivity contribution in [3.63, 3.8) is 0 Å². The molecule has 132 valence electrons. The zero-order valence-electron chi connectivity index (χ0n) is 14.8. The summed E-state index contributed by atoms with van der Waals surface area (Å²) in [6, 6.07) is 13.1. The highest BCUT2D eigenvalue weighted by Crippen LogP contribution is 2.31. The third-order valence-electron chi connectivity index (χ3n) is 4.39. The Morgan fingerprint density at radius 3 is 2.32 bits per heavy atom. The average molecular weight is 341 g/mol. The molecule has 2 aromatic rings. The van der Waals surface area contributed by atoms with Gasteiger partial charge in [-0.3, -0.25) is 4.79 Å².